The van der Waals surface area contributed by atoms with Crippen LogP contribution < -0.4 is 5.73 Å². The minimum Gasteiger partial charge on any atom is -0.331 e. The SMILES string of the molecule is CC[C@H](C)[C@H](N)C(=O)N1CCn2cc(-c3ccc4c(c3)CCCC4)nc2[C@@H]1C(C)C. The Bertz CT molecular complexity index is 916. The Morgan fingerprint density at radius 1 is 1.17 bits per heavy atom. The number of carbonyl (C=O) groups excluding carboxylic acids is 1. The van der Waals surface area contributed by atoms with Crippen molar-refractivity contribution in [2.45, 2.75) is 78.4 Å². The molecule has 0 spiro atoms. The molecule has 1 aromatic heterocycles. The fraction of sp³-hybridized carbons (Fsp3) is 0.600. The van der Waals surface area contributed by atoms with Crippen molar-refractivity contribution in [3.63, 3.8) is 0 Å². The van der Waals surface area contributed by atoms with Gasteiger partial charge in [0.05, 0.1) is 17.8 Å². The predicted molar refractivity (Wildman–Crippen MR) is 121 cm³/mol. The lowest BCUT2D eigenvalue weighted by molar-refractivity contribution is -0.138. The van der Waals surface area contributed by atoms with Gasteiger partial charge >= 0.3 is 0 Å². The highest BCUT2D eigenvalue weighted by Crippen LogP contribution is 2.35. The molecule has 0 saturated carbocycles. The summed E-state index contributed by atoms with van der Waals surface area (Å²) in [6, 6.07) is 6.34. The third-order valence-electron chi connectivity index (χ3n) is 7.09. The third-order valence-corrected chi connectivity index (χ3v) is 7.09. The molecule has 5 heteroatoms. The van der Waals surface area contributed by atoms with Crippen molar-refractivity contribution in [2.24, 2.45) is 17.6 Å². The topological polar surface area (TPSA) is 64.2 Å². The number of hydrogen-bond donors (Lipinski definition) is 1. The molecule has 2 heterocycles. The molecule has 2 N–H and O–H groups in total. The summed E-state index contributed by atoms with van der Waals surface area (Å²) >= 11 is 0. The first-order valence-electron chi connectivity index (χ1n) is 11.7. The molecule has 0 bridgehead atoms. The van der Waals surface area contributed by atoms with Gasteiger partial charge < -0.3 is 15.2 Å². The molecule has 4 rings (SSSR count). The van der Waals surface area contributed by atoms with Crippen molar-refractivity contribution in [2.75, 3.05) is 6.54 Å². The van der Waals surface area contributed by atoms with Gasteiger partial charge in [-0.3, -0.25) is 4.79 Å². The number of imidazole rings is 1. The molecule has 3 atom stereocenters. The Labute approximate surface area is 180 Å². The predicted octanol–water partition coefficient (Wildman–Crippen LogP) is 4.34. The normalized spacial score (nSPS) is 20.6. The molecule has 2 aromatic rings. The number of fused-ring (bicyclic) bond motifs is 2. The standard InChI is InChI=1S/C25H36N4O/c1-5-17(4)22(26)25(30)29-13-12-28-15-21(27-24(28)23(29)16(2)3)20-11-10-18-8-6-7-9-19(18)14-20/h10-11,14-17,22-23H,5-9,12-13,26H2,1-4H3/t17-,22-,23-/m0/s1. The van der Waals surface area contributed by atoms with E-state index >= 15 is 0 Å². The Kier molecular flexibility index (Phi) is 6.01. The summed E-state index contributed by atoms with van der Waals surface area (Å²) in [5.74, 6) is 1.51. The average molecular weight is 409 g/mol. The fourth-order valence-corrected chi connectivity index (χ4v) is 4.97. The lowest BCUT2D eigenvalue weighted by Gasteiger charge is -2.40. The van der Waals surface area contributed by atoms with E-state index in [4.69, 9.17) is 10.7 Å². The number of aryl methyl sites for hydroxylation is 2. The van der Waals surface area contributed by atoms with Crippen LogP contribution in [0.2, 0.25) is 0 Å². The maximum Gasteiger partial charge on any atom is 0.240 e. The van der Waals surface area contributed by atoms with Crippen LogP contribution >= 0.6 is 0 Å². The summed E-state index contributed by atoms with van der Waals surface area (Å²) in [6.07, 6.45) is 8.01. The van der Waals surface area contributed by atoms with Gasteiger partial charge in [0, 0.05) is 24.8 Å². The number of nitrogens with zero attached hydrogens (tertiary/aromatic N) is 3. The molecular formula is C25H36N4O. The second-order valence-corrected chi connectivity index (χ2v) is 9.50. The van der Waals surface area contributed by atoms with Crippen LogP contribution in [0.4, 0.5) is 0 Å². The van der Waals surface area contributed by atoms with E-state index in [2.05, 4.69) is 56.7 Å². The minimum absolute atomic E-state index is 0.0345. The Balaban J connectivity index is 1.65. The van der Waals surface area contributed by atoms with Crippen molar-refractivity contribution in [1.29, 1.82) is 0 Å². The summed E-state index contributed by atoms with van der Waals surface area (Å²) in [5.41, 5.74) is 11.5. The van der Waals surface area contributed by atoms with Crippen molar-refractivity contribution in [1.82, 2.24) is 14.5 Å². The van der Waals surface area contributed by atoms with Gasteiger partial charge in [0.2, 0.25) is 5.91 Å². The maximum absolute atomic E-state index is 13.2. The van der Waals surface area contributed by atoms with Gasteiger partial charge in [-0.25, -0.2) is 4.98 Å². The lowest BCUT2D eigenvalue weighted by atomic mass is 9.90. The first-order chi connectivity index (χ1) is 14.4. The number of carbonyl (C=O) groups is 1. The van der Waals surface area contributed by atoms with Crippen LogP contribution in [0.1, 0.15) is 70.0 Å². The summed E-state index contributed by atoms with van der Waals surface area (Å²) in [6.45, 7) is 9.96. The minimum atomic E-state index is -0.446. The molecule has 2 aliphatic rings. The summed E-state index contributed by atoms with van der Waals surface area (Å²) < 4.78 is 2.25. The van der Waals surface area contributed by atoms with Crippen LogP contribution in [-0.4, -0.2) is 32.9 Å². The fourth-order valence-electron chi connectivity index (χ4n) is 4.97. The van der Waals surface area contributed by atoms with Gasteiger partial charge in [-0.15, -0.1) is 0 Å². The quantitative estimate of drug-likeness (QED) is 0.800. The van der Waals surface area contributed by atoms with E-state index in [1.165, 1.54) is 42.4 Å². The molecule has 0 saturated heterocycles. The van der Waals surface area contributed by atoms with E-state index < -0.39 is 6.04 Å². The van der Waals surface area contributed by atoms with Gasteiger partial charge in [-0.05, 0) is 54.7 Å². The van der Waals surface area contributed by atoms with E-state index in [1.54, 1.807) is 0 Å². The number of hydrogen-bond acceptors (Lipinski definition) is 3. The largest absolute Gasteiger partial charge is 0.331 e. The highest BCUT2D eigenvalue weighted by atomic mass is 16.2. The van der Waals surface area contributed by atoms with E-state index in [0.717, 1.165) is 24.5 Å². The monoisotopic (exact) mass is 408 g/mol. The number of aromatic nitrogens is 2. The lowest BCUT2D eigenvalue weighted by Crippen LogP contribution is -2.52. The number of rotatable bonds is 5. The highest BCUT2D eigenvalue weighted by molar-refractivity contribution is 5.82. The van der Waals surface area contributed by atoms with Crippen molar-refractivity contribution >= 4 is 5.91 Å². The van der Waals surface area contributed by atoms with Crippen LogP contribution in [0.5, 0.6) is 0 Å². The molecule has 30 heavy (non-hydrogen) atoms. The smallest absolute Gasteiger partial charge is 0.240 e. The molecule has 0 fully saturated rings. The van der Waals surface area contributed by atoms with Crippen LogP contribution in [0.15, 0.2) is 24.4 Å². The summed E-state index contributed by atoms with van der Waals surface area (Å²) in [7, 11) is 0. The Hall–Kier alpha value is -2.14. The first kappa shape index (κ1) is 21.1. The summed E-state index contributed by atoms with van der Waals surface area (Å²) in [4.78, 5) is 20.3. The van der Waals surface area contributed by atoms with E-state index in [0.29, 0.717) is 6.54 Å². The van der Waals surface area contributed by atoms with E-state index in [1.807, 2.05) is 4.90 Å². The average Bonchev–Trinajstić information content (AvgIpc) is 3.20. The zero-order valence-electron chi connectivity index (χ0n) is 18.9. The van der Waals surface area contributed by atoms with Crippen LogP contribution in [0.25, 0.3) is 11.3 Å². The molecule has 1 aromatic carbocycles. The molecule has 1 aliphatic heterocycles. The molecule has 0 radical (unpaired) electrons. The van der Waals surface area contributed by atoms with Gasteiger partial charge in [0.15, 0.2) is 0 Å². The van der Waals surface area contributed by atoms with Gasteiger partial charge in [0.25, 0.3) is 0 Å². The molecule has 1 amide bonds. The van der Waals surface area contributed by atoms with E-state index in [9.17, 15) is 4.79 Å². The third kappa shape index (κ3) is 3.80. The summed E-state index contributed by atoms with van der Waals surface area (Å²) in [5, 5.41) is 0. The Morgan fingerprint density at radius 2 is 1.90 bits per heavy atom. The maximum atomic E-state index is 13.2. The van der Waals surface area contributed by atoms with Crippen LogP contribution in [0.3, 0.4) is 0 Å². The second-order valence-electron chi connectivity index (χ2n) is 9.50. The van der Waals surface area contributed by atoms with Gasteiger partial charge in [-0.2, -0.15) is 0 Å². The number of benzene rings is 1. The van der Waals surface area contributed by atoms with Gasteiger partial charge in [0.1, 0.15) is 5.82 Å². The van der Waals surface area contributed by atoms with Crippen molar-refractivity contribution < 1.29 is 4.79 Å². The van der Waals surface area contributed by atoms with Crippen molar-refractivity contribution in [3.8, 4) is 11.3 Å². The zero-order valence-corrected chi connectivity index (χ0v) is 18.9. The molecule has 162 valence electrons. The van der Waals surface area contributed by atoms with Crippen LogP contribution in [-0.2, 0) is 24.2 Å². The molecule has 0 unspecified atom stereocenters. The van der Waals surface area contributed by atoms with Crippen LogP contribution in [0, 0.1) is 11.8 Å². The first-order valence-corrected chi connectivity index (χ1v) is 11.7. The second kappa shape index (κ2) is 8.54. The van der Waals surface area contributed by atoms with Crippen molar-refractivity contribution in [3.05, 3.63) is 41.3 Å². The van der Waals surface area contributed by atoms with Gasteiger partial charge in [-0.1, -0.05) is 46.2 Å². The van der Waals surface area contributed by atoms with E-state index in [-0.39, 0.29) is 23.8 Å². The number of nitrogens with two attached hydrogens (primary N) is 1. The highest BCUT2D eigenvalue weighted by Gasteiger charge is 2.37. The molecule has 5 nitrogen and oxygen atoms in total. The molecular weight excluding hydrogens is 372 g/mol. The molecule has 1 aliphatic carbocycles. The Morgan fingerprint density at radius 3 is 2.60 bits per heavy atom. The number of amides is 1. The zero-order chi connectivity index (χ0) is 21.4.